The van der Waals surface area contributed by atoms with Crippen LogP contribution in [-0.2, 0) is 4.79 Å². The molecule has 4 nitrogen and oxygen atoms in total. The zero-order valence-electron chi connectivity index (χ0n) is 12.3. The topological polar surface area (TPSA) is 47.6 Å². The van der Waals surface area contributed by atoms with E-state index >= 15 is 0 Å². The molecule has 0 heterocycles. The molecule has 5 heteroatoms. The lowest BCUT2D eigenvalue weighted by Gasteiger charge is -2.15. The van der Waals surface area contributed by atoms with E-state index in [0.717, 1.165) is 5.75 Å². The van der Waals surface area contributed by atoms with Gasteiger partial charge in [-0.25, -0.2) is 0 Å². The maximum absolute atomic E-state index is 11.9. The third kappa shape index (κ3) is 4.97. The van der Waals surface area contributed by atoms with Crippen LogP contribution in [0.3, 0.4) is 0 Å². The molecular weight excluding hydrogens is 302 g/mol. The van der Waals surface area contributed by atoms with Gasteiger partial charge < -0.3 is 14.8 Å². The molecule has 2 aromatic carbocycles. The van der Waals surface area contributed by atoms with Crippen LogP contribution in [-0.4, -0.2) is 25.2 Å². The number of carbonyl (C=O) groups excluding carboxylic acids is 1. The summed E-state index contributed by atoms with van der Waals surface area (Å²) in [6.45, 7) is 2.48. The first-order valence-electron chi connectivity index (χ1n) is 7.03. The Morgan fingerprint density at radius 2 is 1.82 bits per heavy atom. The first kappa shape index (κ1) is 16.2. The summed E-state index contributed by atoms with van der Waals surface area (Å²) in [6, 6.07) is 16.5. The van der Waals surface area contributed by atoms with Gasteiger partial charge in [-0.2, -0.15) is 0 Å². The summed E-state index contributed by atoms with van der Waals surface area (Å²) in [6.07, 6.45) is -0.628. The molecule has 0 aliphatic heterocycles. The molecule has 0 aromatic heterocycles. The smallest absolute Gasteiger partial charge is 0.260 e. The second-order valence-corrected chi connectivity index (χ2v) is 5.05. The summed E-state index contributed by atoms with van der Waals surface area (Å²) in [5.41, 5.74) is 0. The van der Waals surface area contributed by atoms with Gasteiger partial charge in [0.2, 0.25) is 0 Å². The summed E-state index contributed by atoms with van der Waals surface area (Å²) in [4.78, 5) is 11.9. The molecule has 0 aliphatic carbocycles. The highest BCUT2D eigenvalue weighted by atomic mass is 35.5. The van der Waals surface area contributed by atoms with Gasteiger partial charge in [0.15, 0.2) is 6.10 Å². The molecule has 1 amide bonds. The van der Waals surface area contributed by atoms with Gasteiger partial charge in [0.25, 0.3) is 5.91 Å². The largest absolute Gasteiger partial charge is 0.492 e. The molecule has 0 bridgehead atoms. The maximum Gasteiger partial charge on any atom is 0.260 e. The van der Waals surface area contributed by atoms with Crippen LogP contribution in [0.4, 0.5) is 0 Å². The Labute approximate surface area is 135 Å². The van der Waals surface area contributed by atoms with E-state index in [1.807, 2.05) is 30.3 Å². The van der Waals surface area contributed by atoms with Crippen LogP contribution in [0.5, 0.6) is 11.5 Å². The summed E-state index contributed by atoms with van der Waals surface area (Å²) >= 11 is 5.99. The van der Waals surface area contributed by atoms with E-state index < -0.39 is 6.10 Å². The standard InChI is InChI=1S/C17H18ClNO3/c1-13(22-16-10-6-5-9-15(16)18)17(20)19-11-12-21-14-7-3-2-4-8-14/h2-10,13H,11-12H2,1H3,(H,19,20). The van der Waals surface area contributed by atoms with Crippen LogP contribution in [0.1, 0.15) is 6.92 Å². The van der Waals surface area contributed by atoms with Gasteiger partial charge in [-0.3, -0.25) is 4.79 Å². The molecule has 1 N–H and O–H groups in total. The monoisotopic (exact) mass is 319 g/mol. The molecule has 22 heavy (non-hydrogen) atoms. The maximum atomic E-state index is 11.9. The zero-order valence-corrected chi connectivity index (χ0v) is 13.0. The van der Waals surface area contributed by atoms with Crippen molar-refractivity contribution in [1.29, 1.82) is 0 Å². The fraction of sp³-hybridized carbons (Fsp3) is 0.235. The predicted octanol–water partition coefficient (Wildman–Crippen LogP) is 3.30. The van der Waals surface area contributed by atoms with Crippen molar-refractivity contribution in [3.63, 3.8) is 0 Å². The number of benzene rings is 2. The molecular formula is C17H18ClNO3. The molecule has 0 aliphatic rings. The first-order valence-corrected chi connectivity index (χ1v) is 7.41. The summed E-state index contributed by atoms with van der Waals surface area (Å²) in [5.74, 6) is 1.06. The van der Waals surface area contributed by atoms with Crippen LogP contribution in [0, 0.1) is 0 Å². The molecule has 0 radical (unpaired) electrons. The first-order chi connectivity index (χ1) is 10.7. The minimum absolute atomic E-state index is 0.211. The van der Waals surface area contributed by atoms with Gasteiger partial charge in [0, 0.05) is 0 Å². The number of nitrogens with one attached hydrogen (secondary N) is 1. The van der Waals surface area contributed by atoms with E-state index in [1.165, 1.54) is 0 Å². The van der Waals surface area contributed by atoms with Crippen LogP contribution >= 0.6 is 11.6 Å². The lowest BCUT2D eigenvalue weighted by atomic mass is 10.3. The van der Waals surface area contributed by atoms with Crippen molar-refractivity contribution in [1.82, 2.24) is 5.32 Å². The molecule has 0 saturated carbocycles. The number of hydrogen-bond donors (Lipinski definition) is 1. The Kier molecular flexibility index (Phi) is 6.10. The van der Waals surface area contributed by atoms with Crippen molar-refractivity contribution in [2.45, 2.75) is 13.0 Å². The van der Waals surface area contributed by atoms with Crippen LogP contribution in [0.15, 0.2) is 54.6 Å². The minimum atomic E-state index is -0.628. The van der Waals surface area contributed by atoms with Crippen molar-refractivity contribution < 1.29 is 14.3 Å². The fourth-order valence-electron chi connectivity index (χ4n) is 1.79. The van der Waals surface area contributed by atoms with E-state index in [4.69, 9.17) is 21.1 Å². The Morgan fingerprint density at radius 1 is 1.14 bits per heavy atom. The summed E-state index contributed by atoms with van der Waals surface area (Å²) < 4.78 is 11.0. The van der Waals surface area contributed by atoms with E-state index in [-0.39, 0.29) is 5.91 Å². The van der Waals surface area contributed by atoms with E-state index in [9.17, 15) is 4.79 Å². The zero-order chi connectivity index (χ0) is 15.8. The summed E-state index contributed by atoms with van der Waals surface area (Å²) in [5, 5.41) is 3.24. The number of halogens is 1. The van der Waals surface area contributed by atoms with Gasteiger partial charge in [0.05, 0.1) is 11.6 Å². The van der Waals surface area contributed by atoms with Gasteiger partial charge in [0.1, 0.15) is 18.1 Å². The van der Waals surface area contributed by atoms with E-state index in [2.05, 4.69) is 5.32 Å². The Hall–Kier alpha value is -2.20. The molecule has 2 aromatic rings. The van der Waals surface area contributed by atoms with Crippen molar-refractivity contribution in [3.8, 4) is 11.5 Å². The van der Waals surface area contributed by atoms with Crippen molar-refractivity contribution in [3.05, 3.63) is 59.6 Å². The Balaban J connectivity index is 1.71. The SMILES string of the molecule is CC(Oc1ccccc1Cl)C(=O)NCCOc1ccccc1. The lowest BCUT2D eigenvalue weighted by molar-refractivity contribution is -0.127. The van der Waals surface area contributed by atoms with Crippen LogP contribution in [0.25, 0.3) is 0 Å². The molecule has 0 spiro atoms. The molecule has 0 saturated heterocycles. The number of rotatable bonds is 7. The van der Waals surface area contributed by atoms with Crippen LogP contribution in [0.2, 0.25) is 5.02 Å². The lowest BCUT2D eigenvalue weighted by Crippen LogP contribution is -2.38. The highest BCUT2D eigenvalue weighted by Gasteiger charge is 2.15. The molecule has 1 unspecified atom stereocenters. The third-order valence-corrected chi connectivity index (χ3v) is 3.24. The number of ether oxygens (including phenoxy) is 2. The Bertz CT molecular complexity index is 604. The Morgan fingerprint density at radius 3 is 2.55 bits per heavy atom. The van der Waals surface area contributed by atoms with Gasteiger partial charge in [-0.1, -0.05) is 41.9 Å². The molecule has 1 atom stereocenters. The van der Waals surface area contributed by atoms with E-state index in [1.54, 1.807) is 31.2 Å². The molecule has 2 rings (SSSR count). The van der Waals surface area contributed by atoms with Crippen molar-refractivity contribution in [2.24, 2.45) is 0 Å². The fourth-order valence-corrected chi connectivity index (χ4v) is 1.97. The number of hydrogen-bond acceptors (Lipinski definition) is 3. The number of amides is 1. The molecule has 116 valence electrons. The normalized spacial score (nSPS) is 11.5. The minimum Gasteiger partial charge on any atom is -0.492 e. The van der Waals surface area contributed by atoms with Gasteiger partial charge >= 0.3 is 0 Å². The number of carbonyl (C=O) groups is 1. The highest BCUT2D eigenvalue weighted by Crippen LogP contribution is 2.24. The average molecular weight is 320 g/mol. The highest BCUT2D eigenvalue weighted by molar-refractivity contribution is 6.32. The summed E-state index contributed by atoms with van der Waals surface area (Å²) in [7, 11) is 0. The van der Waals surface area contributed by atoms with E-state index in [0.29, 0.717) is 23.9 Å². The quantitative estimate of drug-likeness (QED) is 0.797. The molecule has 0 fully saturated rings. The van der Waals surface area contributed by atoms with Gasteiger partial charge in [-0.15, -0.1) is 0 Å². The number of para-hydroxylation sites is 2. The predicted molar refractivity (Wildman–Crippen MR) is 86.5 cm³/mol. The van der Waals surface area contributed by atoms with Gasteiger partial charge in [-0.05, 0) is 31.2 Å². The second kappa shape index (κ2) is 8.29. The average Bonchev–Trinajstić information content (AvgIpc) is 2.54. The third-order valence-electron chi connectivity index (χ3n) is 2.92. The van der Waals surface area contributed by atoms with Crippen LogP contribution < -0.4 is 14.8 Å². The van der Waals surface area contributed by atoms with Crippen molar-refractivity contribution in [2.75, 3.05) is 13.2 Å². The second-order valence-electron chi connectivity index (χ2n) is 4.64. The van der Waals surface area contributed by atoms with Crippen molar-refractivity contribution >= 4 is 17.5 Å².